The highest BCUT2D eigenvalue weighted by Gasteiger charge is 2.20. The van der Waals surface area contributed by atoms with Gasteiger partial charge in [0.25, 0.3) is 5.91 Å². The van der Waals surface area contributed by atoms with Gasteiger partial charge in [-0.2, -0.15) is 0 Å². The number of thiophene rings is 1. The van der Waals surface area contributed by atoms with Gasteiger partial charge in [-0.25, -0.2) is 9.97 Å². The fourth-order valence-electron chi connectivity index (χ4n) is 3.23. The molecule has 1 amide bonds. The number of nitrogens with one attached hydrogen (secondary N) is 2. The lowest BCUT2D eigenvalue weighted by molar-refractivity contribution is 0.0955. The zero-order chi connectivity index (χ0) is 20.2. The maximum absolute atomic E-state index is 12.8. The van der Waals surface area contributed by atoms with E-state index in [2.05, 4.69) is 39.7 Å². The average Bonchev–Trinajstić information content (AvgIpc) is 3.39. The molecule has 7 heteroatoms. The number of hydrogen-bond donors (Lipinski definition) is 2. The Morgan fingerprint density at radius 2 is 2.00 bits per heavy atom. The highest BCUT2D eigenvalue weighted by molar-refractivity contribution is 7.20. The Hall–Kier alpha value is -3.19. The fraction of sp³-hybridized carbons (Fsp3) is 0.227. The molecule has 1 atom stereocenters. The van der Waals surface area contributed by atoms with Crippen molar-refractivity contribution >= 4 is 33.3 Å². The van der Waals surface area contributed by atoms with Gasteiger partial charge in [0, 0.05) is 6.54 Å². The Bertz CT molecular complexity index is 1110. The molecule has 0 aliphatic carbocycles. The standard InChI is InChI=1S/C22H22N4O2S/c1-14(16-7-4-3-5-8-16)11-24-21(27)19-15(2)18-20(25-13-26-22(18)29-19)23-12-17-9-6-10-28-17/h3-10,13-14H,11-12H2,1-2H3,(H,24,27)(H,23,25,26)/t14-/m0/s1. The van der Waals surface area contributed by atoms with E-state index in [0.717, 1.165) is 21.5 Å². The van der Waals surface area contributed by atoms with Gasteiger partial charge in [0.15, 0.2) is 0 Å². The Morgan fingerprint density at radius 3 is 2.76 bits per heavy atom. The molecule has 0 bridgehead atoms. The summed E-state index contributed by atoms with van der Waals surface area (Å²) in [5, 5.41) is 7.23. The average molecular weight is 407 g/mol. The van der Waals surface area contributed by atoms with E-state index >= 15 is 0 Å². The fourth-order valence-corrected chi connectivity index (χ4v) is 4.30. The first-order valence-corrected chi connectivity index (χ1v) is 10.3. The summed E-state index contributed by atoms with van der Waals surface area (Å²) in [5.74, 6) is 1.68. The summed E-state index contributed by atoms with van der Waals surface area (Å²) in [6, 6.07) is 13.9. The quantitative estimate of drug-likeness (QED) is 0.463. The van der Waals surface area contributed by atoms with Gasteiger partial charge < -0.3 is 15.1 Å². The van der Waals surface area contributed by atoms with Gasteiger partial charge >= 0.3 is 0 Å². The van der Waals surface area contributed by atoms with Crippen LogP contribution >= 0.6 is 11.3 Å². The van der Waals surface area contributed by atoms with Crippen LogP contribution in [0.1, 0.15) is 39.4 Å². The number of fused-ring (bicyclic) bond motifs is 1. The van der Waals surface area contributed by atoms with E-state index in [1.54, 1.807) is 6.26 Å². The molecule has 29 heavy (non-hydrogen) atoms. The third kappa shape index (κ3) is 4.14. The summed E-state index contributed by atoms with van der Waals surface area (Å²) in [4.78, 5) is 23.0. The van der Waals surface area contributed by atoms with Crippen molar-refractivity contribution in [3.63, 3.8) is 0 Å². The predicted octanol–water partition coefficient (Wildman–Crippen LogP) is 4.74. The Morgan fingerprint density at radius 1 is 1.17 bits per heavy atom. The van der Waals surface area contributed by atoms with E-state index in [0.29, 0.717) is 23.8 Å². The van der Waals surface area contributed by atoms with E-state index in [-0.39, 0.29) is 11.8 Å². The first-order chi connectivity index (χ1) is 14.1. The number of amides is 1. The number of benzene rings is 1. The summed E-state index contributed by atoms with van der Waals surface area (Å²) in [7, 11) is 0. The summed E-state index contributed by atoms with van der Waals surface area (Å²) in [5.41, 5.74) is 2.09. The zero-order valence-corrected chi connectivity index (χ0v) is 17.1. The lowest BCUT2D eigenvalue weighted by atomic mass is 10.0. The normalized spacial score (nSPS) is 12.1. The molecule has 1 aromatic carbocycles. The predicted molar refractivity (Wildman–Crippen MR) is 115 cm³/mol. The van der Waals surface area contributed by atoms with Crippen molar-refractivity contribution in [3.05, 3.63) is 76.8 Å². The summed E-state index contributed by atoms with van der Waals surface area (Å²) < 4.78 is 5.36. The molecule has 4 rings (SSSR count). The first-order valence-electron chi connectivity index (χ1n) is 9.47. The molecule has 0 saturated heterocycles. The summed E-state index contributed by atoms with van der Waals surface area (Å²) in [6.45, 7) is 5.14. The lowest BCUT2D eigenvalue weighted by Crippen LogP contribution is -2.27. The summed E-state index contributed by atoms with van der Waals surface area (Å²) in [6.07, 6.45) is 3.16. The number of rotatable bonds is 7. The van der Waals surface area contributed by atoms with Crippen LogP contribution in [-0.4, -0.2) is 22.4 Å². The highest BCUT2D eigenvalue weighted by atomic mass is 32.1. The molecule has 6 nitrogen and oxygen atoms in total. The first kappa shape index (κ1) is 19.1. The highest BCUT2D eigenvalue weighted by Crippen LogP contribution is 2.33. The summed E-state index contributed by atoms with van der Waals surface area (Å²) >= 11 is 1.39. The van der Waals surface area contributed by atoms with Gasteiger partial charge in [-0.3, -0.25) is 4.79 Å². The second kappa shape index (κ2) is 8.45. The second-order valence-electron chi connectivity index (χ2n) is 6.91. The minimum absolute atomic E-state index is 0.0785. The monoisotopic (exact) mass is 406 g/mol. The van der Waals surface area contributed by atoms with Crippen LogP contribution in [-0.2, 0) is 6.54 Å². The van der Waals surface area contributed by atoms with Crippen LogP contribution in [0.5, 0.6) is 0 Å². The number of aryl methyl sites for hydroxylation is 1. The van der Waals surface area contributed by atoms with Crippen molar-refractivity contribution in [2.45, 2.75) is 26.3 Å². The van der Waals surface area contributed by atoms with Crippen molar-refractivity contribution in [2.24, 2.45) is 0 Å². The minimum Gasteiger partial charge on any atom is -0.467 e. The number of anilines is 1. The third-order valence-electron chi connectivity index (χ3n) is 4.88. The number of furan rings is 1. The molecule has 0 unspecified atom stereocenters. The van der Waals surface area contributed by atoms with Crippen LogP contribution in [0.15, 0.2) is 59.5 Å². The molecule has 0 fully saturated rings. The topological polar surface area (TPSA) is 80.0 Å². The zero-order valence-electron chi connectivity index (χ0n) is 16.3. The van der Waals surface area contributed by atoms with Crippen LogP contribution in [0.25, 0.3) is 10.2 Å². The van der Waals surface area contributed by atoms with Crippen LogP contribution in [0.3, 0.4) is 0 Å². The van der Waals surface area contributed by atoms with Crippen molar-refractivity contribution in [2.75, 3.05) is 11.9 Å². The van der Waals surface area contributed by atoms with E-state index in [9.17, 15) is 4.79 Å². The van der Waals surface area contributed by atoms with Crippen molar-refractivity contribution < 1.29 is 9.21 Å². The Kier molecular flexibility index (Phi) is 5.57. The molecular weight excluding hydrogens is 384 g/mol. The SMILES string of the molecule is Cc1c(C(=O)NC[C@H](C)c2ccccc2)sc2ncnc(NCc3ccco3)c12. The van der Waals surface area contributed by atoms with Crippen LogP contribution in [0, 0.1) is 6.92 Å². The molecule has 0 aliphatic heterocycles. The number of hydrogen-bond acceptors (Lipinski definition) is 6. The largest absolute Gasteiger partial charge is 0.467 e. The lowest BCUT2D eigenvalue weighted by Gasteiger charge is -2.12. The van der Waals surface area contributed by atoms with Gasteiger partial charge in [0.2, 0.25) is 0 Å². The van der Waals surface area contributed by atoms with Gasteiger partial charge in [0.1, 0.15) is 22.7 Å². The molecule has 0 aliphatic rings. The molecule has 0 spiro atoms. The molecule has 0 radical (unpaired) electrons. The van der Waals surface area contributed by atoms with Gasteiger partial charge in [0.05, 0.1) is 23.1 Å². The third-order valence-corrected chi connectivity index (χ3v) is 6.08. The van der Waals surface area contributed by atoms with E-state index < -0.39 is 0 Å². The van der Waals surface area contributed by atoms with E-state index in [4.69, 9.17) is 4.42 Å². The van der Waals surface area contributed by atoms with E-state index in [1.165, 1.54) is 23.2 Å². The van der Waals surface area contributed by atoms with Crippen molar-refractivity contribution in [3.8, 4) is 0 Å². The molecular formula is C22H22N4O2S. The van der Waals surface area contributed by atoms with Crippen LogP contribution in [0.2, 0.25) is 0 Å². The molecule has 148 valence electrons. The van der Waals surface area contributed by atoms with Crippen LogP contribution in [0.4, 0.5) is 5.82 Å². The number of nitrogens with zero attached hydrogens (tertiary/aromatic N) is 2. The molecule has 3 heterocycles. The molecule has 4 aromatic rings. The van der Waals surface area contributed by atoms with Gasteiger partial charge in [-0.05, 0) is 36.1 Å². The molecule has 3 aromatic heterocycles. The van der Waals surface area contributed by atoms with Gasteiger partial charge in [-0.1, -0.05) is 37.3 Å². The van der Waals surface area contributed by atoms with Gasteiger partial charge in [-0.15, -0.1) is 11.3 Å². The van der Waals surface area contributed by atoms with E-state index in [1.807, 2.05) is 37.3 Å². The number of carbonyl (C=O) groups excluding carboxylic acids is 1. The Balaban J connectivity index is 1.51. The smallest absolute Gasteiger partial charge is 0.261 e. The Labute approximate surface area is 173 Å². The van der Waals surface area contributed by atoms with Crippen LogP contribution < -0.4 is 10.6 Å². The minimum atomic E-state index is -0.0785. The maximum Gasteiger partial charge on any atom is 0.261 e. The molecule has 2 N–H and O–H groups in total. The molecule has 0 saturated carbocycles. The van der Waals surface area contributed by atoms with Crippen molar-refractivity contribution in [1.82, 2.24) is 15.3 Å². The number of carbonyl (C=O) groups is 1. The second-order valence-corrected chi connectivity index (χ2v) is 7.91. The number of aromatic nitrogens is 2. The van der Waals surface area contributed by atoms with Crippen molar-refractivity contribution in [1.29, 1.82) is 0 Å². The maximum atomic E-state index is 12.8.